The molecule has 1 heterocycles. The van der Waals surface area contributed by atoms with Gasteiger partial charge in [-0.25, -0.2) is 13.5 Å². The minimum atomic E-state index is -6.17. The third kappa shape index (κ3) is 6.75. The third-order valence-electron chi connectivity index (χ3n) is 5.15. The molecule has 0 saturated heterocycles. The summed E-state index contributed by atoms with van der Waals surface area (Å²) in [6, 6.07) is 1.66. The Labute approximate surface area is 217 Å². The molecule has 1 aromatic carbocycles. The lowest BCUT2D eigenvalue weighted by Gasteiger charge is -2.22. The molecule has 214 valence electrons. The first-order valence-electron chi connectivity index (χ1n) is 10.6. The van der Waals surface area contributed by atoms with Crippen molar-refractivity contribution < 1.29 is 53.4 Å². The van der Waals surface area contributed by atoms with E-state index in [4.69, 9.17) is 17.0 Å². The molecule has 18 heteroatoms. The molecule has 1 aliphatic carbocycles. The summed E-state index contributed by atoms with van der Waals surface area (Å²) in [7, 11) is 0.763. The van der Waals surface area contributed by atoms with Crippen molar-refractivity contribution in [2.75, 3.05) is 5.32 Å². The number of ether oxygens (including phenoxy) is 1. The van der Waals surface area contributed by atoms with Crippen molar-refractivity contribution in [2.45, 2.75) is 43.5 Å². The molecule has 7 nitrogen and oxygen atoms in total. The van der Waals surface area contributed by atoms with Crippen LogP contribution >= 0.6 is 11.6 Å². The molecule has 0 bridgehead atoms. The number of nitrogens with one attached hydrogen (secondary N) is 3. The number of carbonyl (C=O) groups is 1. The first-order chi connectivity index (χ1) is 17.9. The van der Waals surface area contributed by atoms with Gasteiger partial charge < -0.3 is 20.8 Å². The predicted molar refractivity (Wildman–Crippen MR) is 117 cm³/mol. The Hall–Kier alpha value is -3.50. The smallest absolute Gasteiger partial charge is 0.410 e. The molecule has 1 amide bonds. The fraction of sp³-hybridized carbons (Fsp3) is 0.381. The van der Waals surface area contributed by atoms with Crippen LogP contribution in [0.25, 0.3) is 5.57 Å². The van der Waals surface area contributed by atoms with Crippen LogP contribution < -0.4 is 15.4 Å². The summed E-state index contributed by atoms with van der Waals surface area (Å²) in [5, 5.41) is 14.5. The van der Waals surface area contributed by atoms with Gasteiger partial charge in [-0.3, -0.25) is 4.79 Å². The molecule has 0 radical (unpaired) electrons. The van der Waals surface area contributed by atoms with Gasteiger partial charge in [0, 0.05) is 31.1 Å². The number of alkyl halides is 9. The van der Waals surface area contributed by atoms with Crippen molar-refractivity contribution in [2.24, 2.45) is 7.05 Å². The normalized spacial score (nSPS) is 15.6. The lowest BCUT2D eigenvalue weighted by Crippen LogP contribution is -2.46. The van der Waals surface area contributed by atoms with Crippen LogP contribution in [-0.2, 0) is 13.2 Å². The summed E-state index contributed by atoms with van der Waals surface area (Å²) in [6.07, 6.45) is -19.9. The summed E-state index contributed by atoms with van der Waals surface area (Å²) in [6.45, 7) is 0. The fourth-order valence-electron chi connectivity index (χ4n) is 3.13. The second kappa shape index (κ2) is 10.6. The molecular weight excluding hydrogens is 580 g/mol. The van der Waals surface area contributed by atoms with E-state index in [0.29, 0.717) is 25.3 Å². The monoisotopic (exact) mass is 595 g/mol. The lowest BCUT2D eigenvalue weighted by atomic mass is 10.0. The van der Waals surface area contributed by atoms with E-state index in [1.165, 1.54) is 0 Å². The van der Waals surface area contributed by atoms with Crippen LogP contribution in [0.4, 0.5) is 49.7 Å². The number of amides is 1. The second-order valence-electron chi connectivity index (χ2n) is 8.17. The van der Waals surface area contributed by atoms with Gasteiger partial charge in [0.1, 0.15) is 11.6 Å². The van der Waals surface area contributed by atoms with E-state index in [1.807, 2.05) is 5.32 Å². The van der Waals surface area contributed by atoms with Crippen molar-refractivity contribution in [1.82, 2.24) is 15.1 Å². The number of hydrogen-bond donors (Lipinski definition) is 3. The van der Waals surface area contributed by atoms with E-state index >= 15 is 0 Å². The second-order valence-corrected chi connectivity index (χ2v) is 8.55. The maximum absolute atomic E-state index is 14.4. The van der Waals surface area contributed by atoms with E-state index in [1.54, 1.807) is 0 Å². The van der Waals surface area contributed by atoms with Gasteiger partial charge in [0.15, 0.2) is 5.56 Å². The van der Waals surface area contributed by atoms with E-state index < -0.39 is 58.6 Å². The predicted octanol–water partition coefficient (Wildman–Crippen LogP) is 6.10. The van der Waals surface area contributed by atoms with Gasteiger partial charge in [-0.05, 0) is 30.5 Å². The van der Waals surface area contributed by atoms with Gasteiger partial charge in [0.25, 0.3) is 18.0 Å². The molecule has 1 saturated carbocycles. The molecule has 1 atom stereocenters. The standard InChI is InChI=1S/C21H16ClF10N5O2/c1-37-15(13(19(25,26)27)17(36-37)39-21(31,32)18(24)20(28,29)30)34-7-9(6-33)8-4-11(14(22)12(23)5-8)16(38)35-10-2-3-10/h4-7,10,18,33-34H,2-3H2,1H3,(H,35,38)/b9-7+,33-6?. The van der Waals surface area contributed by atoms with Crippen LogP contribution in [0.5, 0.6) is 5.88 Å². The number of aryl methyl sites for hydroxylation is 1. The average molecular weight is 596 g/mol. The minimum absolute atomic E-state index is 0.141. The summed E-state index contributed by atoms with van der Waals surface area (Å²) in [5.74, 6) is -5.11. The Morgan fingerprint density at radius 2 is 1.82 bits per heavy atom. The van der Waals surface area contributed by atoms with Gasteiger partial charge in [-0.15, -0.1) is 5.10 Å². The van der Waals surface area contributed by atoms with E-state index in [2.05, 4.69) is 15.2 Å². The highest BCUT2D eigenvalue weighted by molar-refractivity contribution is 6.34. The summed E-state index contributed by atoms with van der Waals surface area (Å²) < 4.78 is 137. The zero-order chi connectivity index (χ0) is 29.5. The minimum Gasteiger partial charge on any atom is -0.410 e. The van der Waals surface area contributed by atoms with Crippen LogP contribution in [0.3, 0.4) is 0 Å². The van der Waals surface area contributed by atoms with Crippen LogP contribution in [0.2, 0.25) is 5.02 Å². The third-order valence-corrected chi connectivity index (χ3v) is 5.54. The largest absolute Gasteiger partial charge is 0.440 e. The van der Waals surface area contributed by atoms with Crippen molar-refractivity contribution in [3.63, 3.8) is 0 Å². The molecule has 1 aromatic heterocycles. The zero-order valence-corrected chi connectivity index (χ0v) is 20.0. The first-order valence-corrected chi connectivity index (χ1v) is 10.9. The van der Waals surface area contributed by atoms with Crippen molar-refractivity contribution in [1.29, 1.82) is 5.41 Å². The summed E-state index contributed by atoms with van der Waals surface area (Å²) >= 11 is 5.85. The van der Waals surface area contributed by atoms with Crippen molar-refractivity contribution >= 4 is 35.1 Å². The van der Waals surface area contributed by atoms with E-state index in [9.17, 15) is 48.7 Å². The molecule has 0 spiro atoms. The maximum atomic E-state index is 14.4. The Balaban J connectivity index is 2.00. The SMILES string of the molecule is Cn1nc(OC(F)(F)C(F)C(F)(F)F)c(C(F)(F)F)c1N/C=C(\C=N)c1cc(F)c(Cl)c(C(=O)NC2CC2)c1. The van der Waals surface area contributed by atoms with Crippen LogP contribution in [-0.4, -0.2) is 46.4 Å². The number of benzene rings is 1. The van der Waals surface area contributed by atoms with Gasteiger partial charge in [0.05, 0.1) is 10.6 Å². The van der Waals surface area contributed by atoms with Crippen molar-refractivity contribution in [3.05, 3.63) is 45.9 Å². The van der Waals surface area contributed by atoms with Gasteiger partial charge in [-0.2, -0.15) is 35.1 Å². The molecular formula is C21H16ClF10N5O2. The molecule has 1 aliphatic rings. The quantitative estimate of drug-likeness (QED) is 0.241. The molecule has 3 N–H and O–H groups in total. The Morgan fingerprint density at radius 1 is 1.21 bits per heavy atom. The molecule has 3 rings (SSSR count). The topological polar surface area (TPSA) is 92.0 Å². The first kappa shape index (κ1) is 30.0. The molecule has 1 fully saturated rings. The fourth-order valence-corrected chi connectivity index (χ4v) is 3.32. The highest BCUT2D eigenvalue weighted by Crippen LogP contribution is 2.44. The number of halogens is 11. The number of allylic oxidation sites excluding steroid dienone is 1. The number of rotatable bonds is 9. The molecule has 1 unspecified atom stereocenters. The van der Waals surface area contributed by atoms with E-state index in [0.717, 1.165) is 19.2 Å². The number of carbonyl (C=O) groups excluding carboxylic acids is 1. The van der Waals surface area contributed by atoms with E-state index in [-0.39, 0.29) is 27.4 Å². The maximum Gasteiger partial charge on any atom is 0.440 e. The average Bonchev–Trinajstić information content (AvgIpc) is 3.56. The Morgan fingerprint density at radius 3 is 2.33 bits per heavy atom. The van der Waals surface area contributed by atoms with Gasteiger partial charge in [0.2, 0.25) is 0 Å². The van der Waals surface area contributed by atoms with Crippen molar-refractivity contribution in [3.8, 4) is 5.88 Å². The zero-order valence-electron chi connectivity index (χ0n) is 19.2. The highest BCUT2D eigenvalue weighted by atomic mass is 35.5. The molecule has 39 heavy (non-hydrogen) atoms. The molecule has 0 aliphatic heterocycles. The number of hydrogen-bond acceptors (Lipinski definition) is 5. The van der Waals surface area contributed by atoms with Gasteiger partial charge >= 0.3 is 18.5 Å². The Kier molecular flexibility index (Phi) is 8.15. The Bertz CT molecular complexity index is 1300. The van der Waals surface area contributed by atoms with Crippen LogP contribution in [0, 0.1) is 11.2 Å². The summed E-state index contributed by atoms with van der Waals surface area (Å²) in [5.41, 5.74) is -3.05. The molecule has 2 aromatic rings. The number of anilines is 1. The lowest BCUT2D eigenvalue weighted by molar-refractivity contribution is -0.306. The van der Waals surface area contributed by atoms with Crippen LogP contribution in [0.1, 0.15) is 34.3 Å². The summed E-state index contributed by atoms with van der Waals surface area (Å²) in [4.78, 5) is 12.4. The van der Waals surface area contributed by atoms with Crippen LogP contribution in [0.15, 0.2) is 18.3 Å². The number of aromatic nitrogens is 2. The van der Waals surface area contributed by atoms with Gasteiger partial charge in [-0.1, -0.05) is 11.6 Å². The highest BCUT2D eigenvalue weighted by Gasteiger charge is 2.60. The number of nitrogens with zero attached hydrogens (tertiary/aromatic N) is 2.